The van der Waals surface area contributed by atoms with Crippen molar-refractivity contribution in [3.05, 3.63) is 69.5 Å². The van der Waals surface area contributed by atoms with Crippen LogP contribution in [0.25, 0.3) is 0 Å². The molecule has 0 saturated carbocycles. The molecule has 0 fully saturated rings. The van der Waals surface area contributed by atoms with Crippen LogP contribution in [0.2, 0.25) is 5.02 Å². The van der Waals surface area contributed by atoms with Crippen molar-refractivity contribution >= 4 is 11.6 Å². The average molecular weight is 278 g/mol. The second-order valence-corrected chi connectivity index (χ2v) is 5.16. The standard InChI is InChI=1S/C16H17ClFN/c1-10-8-14(18)9-11(2)15(10)16(19-3)12-4-6-13(17)7-5-12/h4-9,16,19H,1-3H3. The Bertz CT molecular complexity index is 555. The first-order valence-corrected chi connectivity index (χ1v) is 6.60. The number of nitrogens with one attached hydrogen (secondary N) is 1. The summed E-state index contributed by atoms with van der Waals surface area (Å²) in [4.78, 5) is 0. The van der Waals surface area contributed by atoms with E-state index in [1.54, 1.807) is 12.1 Å². The van der Waals surface area contributed by atoms with E-state index in [0.29, 0.717) is 5.02 Å². The van der Waals surface area contributed by atoms with Crippen LogP contribution in [0.5, 0.6) is 0 Å². The van der Waals surface area contributed by atoms with Crippen LogP contribution in [0, 0.1) is 19.7 Å². The van der Waals surface area contributed by atoms with Crippen LogP contribution >= 0.6 is 11.6 Å². The van der Waals surface area contributed by atoms with Gasteiger partial charge >= 0.3 is 0 Å². The van der Waals surface area contributed by atoms with E-state index in [9.17, 15) is 4.39 Å². The molecule has 0 heterocycles. The van der Waals surface area contributed by atoms with E-state index in [1.807, 2.05) is 45.2 Å². The smallest absolute Gasteiger partial charge is 0.123 e. The summed E-state index contributed by atoms with van der Waals surface area (Å²) < 4.78 is 13.4. The van der Waals surface area contributed by atoms with Crippen molar-refractivity contribution in [3.63, 3.8) is 0 Å². The second-order valence-electron chi connectivity index (χ2n) is 4.73. The fourth-order valence-electron chi connectivity index (χ4n) is 2.51. The number of aryl methyl sites for hydroxylation is 2. The van der Waals surface area contributed by atoms with E-state index in [4.69, 9.17) is 11.6 Å². The summed E-state index contributed by atoms with van der Waals surface area (Å²) in [6, 6.07) is 10.9. The Morgan fingerprint density at radius 2 is 1.58 bits per heavy atom. The topological polar surface area (TPSA) is 12.0 Å². The summed E-state index contributed by atoms with van der Waals surface area (Å²) >= 11 is 5.92. The maximum absolute atomic E-state index is 13.4. The van der Waals surface area contributed by atoms with Crippen molar-refractivity contribution in [3.8, 4) is 0 Å². The van der Waals surface area contributed by atoms with Gasteiger partial charge in [-0.2, -0.15) is 0 Å². The lowest BCUT2D eigenvalue weighted by Crippen LogP contribution is -2.20. The Kier molecular flexibility index (Phi) is 4.23. The summed E-state index contributed by atoms with van der Waals surface area (Å²) in [6.45, 7) is 3.87. The van der Waals surface area contributed by atoms with E-state index in [2.05, 4.69) is 5.32 Å². The SMILES string of the molecule is CNC(c1ccc(Cl)cc1)c1c(C)cc(F)cc1C. The third-order valence-corrected chi connectivity index (χ3v) is 3.59. The zero-order chi connectivity index (χ0) is 14.0. The molecule has 1 nitrogen and oxygen atoms in total. The van der Waals surface area contributed by atoms with Crippen LogP contribution in [0.1, 0.15) is 28.3 Å². The quantitative estimate of drug-likeness (QED) is 0.876. The van der Waals surface area contributed by atoms with Crippen molar-refractivity contribution in [2.24, 2.45) is 0 Å². The molecule has 0 aliphatic heterocycles. The lowest BCUT2D eigenvalue weighted by Gasteiger charge is -2.22. The molecule has 2 rings (SSSR count). The van der Waals surface area contributed by atoms with E-state index in [-0.39, 0.29) is 11.9 Å². The minimum absolute atomic E-state index is 0.0397. The van der Waals surface area contributed by atoms with Gasteiger partial charge in [0.25, 0.3) is 0 Å². The van der Waals surface area contributed by atoms with E-state index < -0.39 is 0 Å². The monoisotopic (exact) mass is 277 g/mol. The minimum atomic E-state index is -0.190. The maximum Gasteiger partial charge on any atom is 0.123 e. The molecule has 0 bridgehead atoms. The van der Waals surface area contributed by atoms with E-state index in [0.717, 1.165) is 22.3 Å². The normalized spacial score (nSPS) is 12.5. The highest BCUT2D eigenvalue weighted by atomic mass is 35.5. The molecule has 100 valence electrons. The summed E-state index contributed by atoms with van der Waals surface area (Å²) in [5, 5.41) is 4.00. The molecule has 2 aromatic rings. The molecule has 1 unspecified atom stereocenters. The summed E-state index contributed by atoms with van der Waals surface area (Å²) in [5.41, 5.74) is 4.13. The summed E-state index contributed by atoms with van der Waals surface area (Å²) in [5.74, 6) is -0.190. The first kappa shape index (κ1) is 14.0. The molecule has 1 atom stereocenters. The Morgan fingerprint density at radius 3 is 2.05 bits per heavy atom. The summed E-state index contributed by atoms with van der Waals surface area (Å²) in [7, 11) is 1.90. The number of hydrogen-bond acceptors (Lipinski definition) is 1. The van der Waals surface area contributed by atoms with Gasteiger partial charge in [-0.3, -0.25) is 0 Å². The Morgan fingerprint density at radius 1 is 1.05 bits per heavy atom. The number of halogens is 2. The van der Waals surface area contributed by atoms with Crippen LogP contribution in [0.3, 0.4) is 0 Å². The van der Waals surface area contributed by atoms with Gasteiger partial charge in [-0.05, 0) is 67.4 Å². The number of rotatable bonds is 3. The highest BCUT2D eigenvalue weighted by Gasteiger charge is 2.17. The molecular weight excluding hydrogens is 261 g/mol. The highest BCUT2D eigenvalue weighted by molar-refractivity contribution is 6.30. The largest absolute Gasteiger partial charge is 0.309 e. The van der Waals surface area contributed by atoms with Crippen molar-refractivity contribution < 1.29 is 4.39 Å². The fourth-order valence-corrected chi connectivity index (χ4v) is 2.64. The molecule has 0 aliphatic carbocycles. The molecule has 0 spiro atoms. The van der Waals surface area contributed by atoms with Crippen LogP contribution in [0.4, 0.5) is 4.39 Å². The number of hydrogen-bond donors (Lipinski definition) is 1. The number of benzene rings is 2. The molecule has 0 saturated heterocycles. The first-order chi connectivity index (χ1) is 9.02. The van der Waals surface area contributed by atoms with Crippen LogP contribution < -0.4 is 5.32 Å². The van der Waals surface area contributed by atoms with Crippen molar-refractivity contribution in [1.29, 1.82) is 0 Å². The predicted octanol–water partition coefficient (Wildman–Crippen LogP) is 4.40. The molecule has 0 amide bonds. The molecule has 19 heavy (non-hydrogen) atoms. The van der Waals surface area contributed by atoms with Crippen molar-refractivity contribution in [2.75, 3.05) is 7.05 Å². The molecule has 0 radical (unpaired) electrons. The van der Waals surface area contributed by atoms with Crippen molar-refractivity contribution in [1.82, 2.24) is 5.32 Å². The van der Waals surface area contributed by atoms with Gasteiger partial charge in [0.2, 0.25) is 0 Å². The van der Waals surface area contributed by atoms with Gasteiger partial charge in [0.15, 0.2) is 0 Å². The molecule has 1 N–H and O–H groups in total. The van der Waals surface area contributed by atoms with Gasteiger partial charge in [-0.15, -0.1) is 0 Å². The minimum Gasteiger partial charge on any atom is -0.309 e. The lowest BCUT2D eigenvalue weighted by atomic mass is 9.91. The predicted molar refractivity (Wildman–Crippen MR) is 78.2 cm³/mol. The average Bonchev–Trinajstić information content (AvgIpc) is 2.35. The van der Waals surface area contributed by atoms with E-state index >= 15 is 0 Å². The third kappa shape index (κ3) is 2.96. The van der Waals surface area contributed by atoms with Gasteiger partial charge in [0.1, 0.15) is 5.82 Å². The molecule has 0 aromatic heterocycles. The third-order valence-electron chi connectivity index (χ3n) is 3.34. The molecular formula is C16H17ClFN. The zero-order valence-electron chi connectivity index (χ0n) is 11.3. The Labute approximate surface area is 118 Å². The van der Waals surface area contributed by atoms with Gasteiger partial charge in [0.05, 0.1) is 6.04 Å². The lowest BCUT2D eigenvalue weighted by molar-refractivity contribution is 0.618. The maximum atomic E-state index is 13.4. The van der Waals surface area contributed by atoms with E-state index in [1.165, 1.54) is 0 Å². The van der Waals surface area contributed by atoms with Gasteiger partial charge < -0.3 is 5.32 Å². The Hall–Kier alpha value is -1.38. The zero-order valence-corrected chi connectivity index (χ0v) is 12.1. The fraction of sp³-hybridized carbons (Fsp3) is 0.250. The second kappa shape index (κ2) is 5.72. The highest BCUT2D eigenvalue weighted by Crippen LogP contribution is 2.29. The van der Waals surface area contributed by atoms with Gasteiger partial charge in [0, 0.05) is 5.02 Å². The van der Waals surface area contributed by atoms with Crippen molar-refractivity contribution in [2.45, 2.75) is 19.9 Å². The van der Waals surface area contributed by atoms with Crippen LogP contribution in [0.15, 0.2) is 36.4 Å². The van der Waals surface area contributed by atoms with Gasteiger partial charge in [-0.1, -0.05) is 23.7 Å². The van der Waals surface area contributed by atoms with Gasteiger partial charge in [-0.25, -0.2) is 4.39 Å². The van der Waals surface area contributed by atoms with Crippen LogP contribution in [-0.2, 0) is 0 Å². The molecule has 2 aromatic carbocycles. The Balaban J connectivity index is 2.51. The first-order valence-electron chi connectivity index (χ1n) is 6.22. The molecule has 3 heteroatoms. The summed E-state index contributed by atoms with van der Waals surface area (Å²) in [6.07, 6.45) is 0. The molecule has 0 aliphatic rings. The van der Waals surface area contributed by atoms with Crippen LogP contribution in [-0.4, -0.2) is 7.05 Å².